The highest BCUT2D eigenvalue weighted by Crippen LogP contribution is 2.31. The Labute approximate surface area is 176 Å². The maximum Gasteiger partial charge on any atom is 0.339 e. The molecule has 1 aromatic heterocycles. The van der Waals surface area contributed by atoms with Gasteiger partial charge in [-0.05, 0) is 74.0 Å². The number of ether oxygens (including phenoxy) is 2. The molecule has 7 heteroatoms. The molecule has 1 heterocycles. The Bertz CT molecular complexity index is 1110. The summed E-state index contributed by atoms with van der Waals surface area (Å²) in [4.78, 5) is 4.25. The van der Waals surface area contributed by atoms with Gasteiger partial charge in [0, 0.05) is 6.20 Å². The zero-order chi connectivity index (χ0) is 21.6. The molecule has 30 heavy (non-hydrogen) atoms. The minimum absolute atomic E-state index is 0.00166. The summed E-state index contributed by atoms with van der Waals surface area (Å²) in [6.45, 7) is 3.80. The summed E-state index contributed by atoms with van der Waals surface area (Å²) >= 11 is 0. The fourth-order valence-corrected chi connectivity index (χ4v) is 3.58. The molecule has 0 spiro atoms. The van der Waals surface area contributed by atoms with Crippen molar-refractivity contribution >= 4 is 22.3 Å². The zero-order valence-corrected chi connectivity index (χ0v) is 17.8. The summed E-state index contributed by atoms with van der Waals surface area (Å²) in [7, 11) is -2.57. The quantitative estimate of drug-likeness (QED) is 0.482. The lowest BCUT2D eigenvalue weighted by Crippen LogP contribution is -2.11. The molecule has 0 atom stereocenters. The topological polar surface area (TPSA) is 74.7 Å². The maximum atomic E-state index is 12.7. The van der Waals surface area contributed by atoms with E-state index < -0.39 is 10.1 Å². The fourth-order valence-electron chi connectivity index (χ4n) is 2.64. The zero-order valence-electron chi connectivity index (χ0n) is 17.0. The van der Waals surface area contributed by atoms with Gasteiger partial charge in [-0.1, -0.05) is 18.2 Å². The van der Waals surface area contributed by atoms with Crippen molar-refractivity contribution in [2.24, 2.45) is 0 Å². The Kier molecular flexibility index (Phi) is 6.74. The van der Waals surface area contributed by atoms with E-state index in [2.05, 4.69) is 4.98 Å². The van der Waals surface area contributed by atoms with E-state index >= 15 is 0 Å². The van der Waals surface area contributed by atoms with Crippen LogP contribution in [-0.4, -0.2) is 26.6 Å². The van der Waals surface area contributed by atoms with E-state index in [9.17, 15) is 8.42 Å². The molecule has 0 fully saturated rings. The monoisotopic (exact) mass is 425 g/mol. The first-order chi connectivity index (χ1) is 14.4. The van der Waals surface area contributed by atoms with Gasteiger partial charge in [0.15, 0.2) is 11.5 Å². The molecular formula is C23H23NO5S. The highest BCUT2D eigenvalue weighted by molar-refractivity contribution is 7.87. The average molecular weight is 426 g/mol. The number of rotatable bonds is 8. The first kappa shape index (κ1) is 21.4. The van der Waals surface area contributed by atoms with Gasteiger partial charge >= 0.3 is 10.1 Å². The first-order valence-electron chi connectivity index (χ1n) is 9.36. The Morgan fingerprint density at radius 3 is 2.33 bits per heavy atom. The van der Waals surface area contributed by atoms with Crippen LogP contribution >= 0.6 is 0 Å². The molecule has 0 N–H and O–H groups in total. The van der Waals surface area contributed by atoms with Crippen LogP contribution in [0.2, 0.25) is 0 Å². The third-order valence-electron chi connectivity index (χ3n) is 4.01. The van der Waals surface area contributed by atoms with Crippen molar-refractivity contribution in [3.05, 3.63) is 78.1 Å². The number of hydrogen-bond donors (Lipinski definition) is 0. The summed E-state index contributed by atoms with van der Waals surface area (Å²) in [5.74, 6) is 1.00. The van der Waals surface area contributed by atoms with E-state index in [1.807, 2.05) is 44.2 Å². The molecule has 0 aliphatic heterocycles. The largest absolute Gasteiger partial charge is 0.493 e. The minimum Gasteiger partial charge on any atom is -0.493 e. The molecule has 0 aliphatic rings. The first-order valence-corrected chi connectivity index (χ1v) is 10.8. The lowest BCUT2D eigenvalue weighted by Gasteiger charge is -2.13. The molecule has 0 saturated carbocycles. The van der Waals surface area contributed by atoms with Gasteiger partial charge < -0.3 is 13.7 Å². The highest BCUT2D eigenvalue weighted by Gasteiger charge is 2.19. The van der Waals surface area contributed by atoms with E-state index in [0.29, 0.717) is 11.5 Å². The van der Waals surface area contributed by atoms with Crippen LogP contribution in [0.15, 0.2) is 71.8 Å². The van der Waals surface area contributed by atoms with E-state index in [1.165, 1.54) is 19.2 Å². The number of pyridine rings is 1. The van der Waals surface area contributed by atoms with Gasteiger partial charge in [0.05, 0.1) is 18.9 Å². The molecule has 156 valence electrons. The van der Waals surface area contributed by atoms with Crippen molar-refractivity contribution in [1.82, 2.24) is 4.98 Å². The second-order valence-corrected chi connectivity index (χ2v) is 8.22. The van der Waals surface area contributed by atoms with E-state index in [0.717, 1.165) is 11.3 Å². The number of methoxy groups -OCH3 is 1. The lowest BCUT2D eigenvalue weighted by atomic mass is 10.1. The van der Waals surface area contributed by atoms with Crippen molar-refractivity contribution in [1.29, 1.82) is 0 Å². The minimum atomic E-state index is -4.02. The van der Waals surface area contributed by atoms with Gasteiger partial charge in [-0.2, -0.15) is 8.42 Å². The van der Waals surface area contributed by atoms with Gasteiger partial charge in [0.1, 0.15) is 10.6 Å². The molecular weight excluding hydrogens is 402 g/mol. The molecule has 0 saturated heterocycles. The van der Waals surface area contributed by atoms with Crippen LogP contribution in [0.4, 0.5) is 0 Å². The summed E-state index contributed by atoms with van der Waals surface area (Å²) in [6.07, 6.45) is 5.42. The number of hydrogen-bond acceptors (Lipinski definition) is 6. The smallest absolute Gasteiger partial charge is 0.339 e. The molecule has 6 nitrogen and oxygen atoms in total. The van der Waals surface area contributed by atoms with Crippen LogP contribution < -0.4 is 13.7 Å². The molecule has 0 amide bonds. The van der Waals surface area contributed by atoms with Crippen LogP contribution in [0.1, 0.15) is 25.1 Å². The second kappa shape index (κ2) is 9.45. The lowest BCUT2D eigenvalue weighted by molar-refractivity contribution is 0.242. The molecule has 3 rings (SSSR count). The summed E-state index contributed by atoms with van der Waals surface area (Å²) < 4.78 is 41.5. The van der Waals surface area contributed by atoms with E-state index in [-0.39, 0.29) is 16.7 Å². The second-order valence-electron chi connectivity index (χ2n) is 6.67. The van der Waals surface area contributed by atoms with Crippen LogP contribution in [0.25, 0.3) is 12.2 Å². The number of aromatic nitrogens is 1. The Morgan fingerprint density at radius 1 is 0.933 bits per heavy atom. The molecule has 2 aromatic carbocycles. The van der Waals surface area contributed by atoms with Crippen LogP contribution in [0.3, 0.4) is 0 Å². The Hall–Kier alpha value is -3.32. The Balaban J connectivity index is 1.79. The van der Waals surface area contributed by atoms with Crippen molar-refractivity contribution in [2.75, 3.05) is 7.11 Å². The van der Waals surface area contributed by atoms with Crippen molar-refractivity contribution in [2.45, 2.75) is 24.8 Å². The number of nitrogens with zero attached hydrogens (tertiary/aromatic N) is 1. The fraction of sp³-hybridized carbons (Fsp3) is 0.174. The highest BCUT2D eigenvalue weighted by atomic mass is 32.2. The molecule has 0 bridgehead atoms. The number of benzene rings is 2. The van der Waals surface area contributed by atoms with Crippen molar-refractivity contribution in [3.63, 3.8) is 0 Å². The third-order valence-corrected chi connectivity index (χ3v) is 5.25. The van der Waals surface area contributed by atoms with Crippen LogP contribution in [0, 0.1) is 0 Å². The summed E-state index contributed by atoms with van der Waals surface area (Å²) in [6, 6.07) is 16.7. The van der Waals surface area contributed by atoms with Gasteiger partial charge in [-0.25, -0.2) is 0 Å². The van der Waals surface area contributed by atoms with Gasteiger partial charge in [-0.15, -0.1) is 0 Å². The molecule has 0 unspecified atom stereocenters. The molecule has 0 aliphatic carbocycles. The van der Waals surface area contributed by atoms with Crippen LogP contribution in [-0.2, 0) is 10.1 Å². The molecule has 0 radical (unpaired) electrons. The molecule has 3 aromatic rings. The third kappa shape index (κ3) is 5.61. The normalized spacial score (nSPS) is 11.6. The summed E-state index contributed by atoms with van der Waals surface area (Å²) in [5.41, 5.74) is 1.63. The predicted molar refractivity (Wildman–Crippen MR) is 116 cm³/mol. The van der Waals surface area contributed by atoms with Crippen LogP contribution in [0.5, 0.6) is 17.2 Å². The SMILES string of the molecule is COc1cc(/C=C/c2ccccn2)ccc1OS(=O)(=O)c1ccc(OC(C)C)cc1. The van der Waals surface area contributed by atoms with Crippen molar-refractivity contribution < 1.29 is 22.1 Å². The van der Waals surface area contributed by atoms with Crippen molar-refractivity contribution in [3.8, 4) is 17.2 Å². The van der Waals surface area contributed by atoms with E-state index in [4.69, 9.17) is 13.7 Å². The average Bonchev–Trinajstić information content (AvgIpc) is 2.73. The maximum absolute atomic E-state index is 12.7. The van der Waals surface area contributed by atoms with E-state index in [1.54, 1.807) is 36.5 Å². The van der Waals surface area contributed by atoms with Gasteiger partial charge in [0.25, 0.3) is 0 Å². The Morgan fingerprint density at radius 2 is 1.70 bits per heavy atom. The van der Waals surface area contributed by atoms with Gasteiger partial charge in [-0.3, -0.25) is 4.98 Å². The predicted octanol–water partition coefficient (Wildman–Crippen LogP) is 4.82. The standard InChI is InChI=1S/C23H23NO5S/c1-17(2)28-20-10-12-21(13-11-20)30(25,26)29-22-14-8-18(16-23(22)27-3)7-9-19-6-4-5-15-24-19/h4-17H,1-3H3/b9-7+. The van der Waals surface area contributed by atoms with Gasteiger partial charge in [0.2, 0.25) is 0 Å². The summed E-state index contributed by atoms with van der Waals surface area (Å²) in [5, 5.41) is 0.